The molecule has 6 heteroatoms. The maximum Gasteiger partial charge on any atom is 0.200 e. The van der Waals surface area contributed by atoms with Gasteiger partial charge in [0.25, 0.3) is 0 Å². The lowest BCUT2D eigenvalue weighted by atomic mass is 9.78. The Morgan fingerprint density at radius 2 is 1.77 bits per heavy atom. The third-order valence-electron chi connectivity index (χ3n) is 6.50. The number of benzene rings is 2. The van der Waals surface area contributed by atoms with Crippen LogP contribution in [-0.4, -0.2) is 11.7 Å². The average Bonchev–Trinajstić information content (AvgIpc) is 2.86. The Labute approximate surface area is 205 Å². The monoisotopic (exact) mass is 488 g/mol. The van der Waals surface area contributed by atoms with Gasteiger partial charge in [-0.25, -0.2) is 13.2 Å². The summed E-state index contributed by atoms with van der Waals surface area (Å²) in [6.07, 6.45) is 5.65. The van der Waals surface area contributed by atoms with Crippen molar-refractivity contribution < 1.29 is 27.4 Å². The van der Waals surface area contributed by atoms with Gasteiger partial charge in [0.2, 0.25) is 5.82 Å². The molecule has 1 fully saturated rings. The van der Waals surface area contributed by atoms with E-state index in [1.54, 1.807) is 12.1 Å². The van der Waals surface area contributed by atoms with Crippen molar-refractivity contribution >= 4 is 0 Å². The van der Waals surface area contributed by atoms with Crippen LogP contribution in [-0.2, 0) is 0 Å². The number of aliphatic hydroxyl groups excluding tert-OH is 1. The number of halogens is 4. The van der Waals surface area contributed by atoms with Gasteiger partial charge in [-0.15, -0.1) is 6.58 Å². The third-order valence-corrected chi connectivity index (χ3v) is 6.50. The van der Waals surface area contributed by atoms with E-state index in [1.807, 2.05) is 6.92 Å². The second kappa shape index (κ2) is 12.8. The fourth-order valence-corrected chi connectivity index (χ4v) is 4.46. The van der Waals surface area contributed by atoms with Gasteiger partial charge in [0.15, 0.2) is 23.2 Å². The van der Waals surface area contributed by atoms with Crippen molar-refractivity contribution in [2.24, 2.45) is 5.92 Å². The Balaban J connectivity index is 1.62. The molecule has 0 spiro atoms. The van der Waals surface area contributed by atoms with E-state index in [-0.39, 0.29) is 35.3 Å². The van der Waals surface area contributed by atoms with Crippen LogP contribution in [0, 0.1) is 41.0 Å². The van der Waals surface area contributed by atoms with Gasteiger partial charge >= 0.3 is 0 Å². The second-order valence-corrected chi connectivity index (χ2v) is 9.01. The van der Waals surface area contributed by atoms with E-state index in [0.717, 1.165) is 6.42 Å². The van der Waals surface area contributed by atoms with Crippen molar-refractivity contribution in [3.63, 3.8) is 0 Å². The van der Waals surface area contributed by atoms with Crippen LogP contribution in [0.3, 0.4) is 0 Å². The zero-order valence-corrected chi connectivity index (χ0v) is 20.1. The molecule has 1 aliphatic carbocycles. The van der Waals surface area contributed by atoms with E-state index < -0.39 is 29.4 Å². The first-order valence-corrected chi connectivity index (χ1v) is 12.3. The van der Waals surface area contributed by atoms with Gasteiger partial charge in [-0.3, -0.25) is 0 Å². The molecule has 1 atom stereocenters. The van der Waals surface area contributed by atoms with Gasteiger partial charge in [-0.2, -0.15) is 4.39 Å². The number of unbranched alkanes of at least 4 members (excludes halogenated alkanes) is 1. The van der Waals surface area contributed by atoms with Crippen LogP contribution >= 0.6 is 0 Å². The first-order chi connectivity index (χ1) is 16.9. The maximum atomic E-state index is 14.7. The summed E-state index contributed by atoms with van der Waals surface area (Å²) in [7, 11) is 0. The lowest BCUT2D eigenvalue weighted by Crippen LogP contribution is -2.14. The Hall–Kier alpha value is -2.78. The van der Waals surface area contributed by atoms with Crippen LogP contribution in [0.2, 0.25) is 0 Å². The van der Waals surface area contributed by atoms with Crippen molar-refractivity contribution in [1.29, 1.82) is 0 Å². The molecule has 3 rings (SSSR count). The van der Waals surface area contributed by atoms with Gasteiger partial charge in [0.1, 0.15) is 0 Å². The number of aliphatic hydroxyl groups is 1. The Kier molecular flexibility index (Phi) is 9.80. The van der Waals surface area contributed by atoms with E-state index in [1.165, 1.54) is 18.2 Å². The molecule has 0 heterocycles. The minimum Gasteiger partial charge on any atom is -0.490 e. The minimum atomic E-state index is -1.06. The van der Waals surface area contributed by atoms with Gasteiger partial charge in [-0.1, -0.05) is 43.4 Å². The van der Waals surface area contributed by atoms with Crippen LogP contribution in [0.1, 0.15) is 87.0 Å². The van der Waals surface area contributed by atoms with Crippen molar-refractivity contribution in [1.82, 2.24) is 0 Å². The number of hydrogen-bond acceptors (Lipinski definition) is 2. The van der Waals surface area contributed by atoms with Crippen LogP contribution in [0.25, 0.3) is 0 Å². The summed E-state index contributed by atoms with van der Waals surface area (Å²) in [5, 5.41) is 9.98. The number of rotatable bonds is 9. The molecular formula is C29H32F4O2. The summed E-state index contributed by atoms with van der Waals surface area (Å²) in [6.45, 7) is 5.76. The SMILES string of the molecule is C=CCCCOc1ccc(C2CCC(C#Cc3ccc(C(O)CCC)c(F)c3F)CC2)c(F)c1F. The molecule has 1 saturated carbocycles. The molecule has 0 saturated heterocycles. The topological polar surface area (TPSA) is 29.5 Å². The molecule has 0 bridgehead atoms. The molecule has 0 radical (unpaired) electrons. The smallest absolute Gasteiger partial charge is 0.200 e. The summed E-state index contributed by atoms with van der Waals surface area (Å²) >= 11 is 0. The molecule has 2 nitrogen and oxygen atoms in total. The van der Waals surface area contributed by atoms with Crippen LogP contribution in [0.4, 0.5) is 17.6 Å². The first kappa shape index (κ1) is 26.8. The third kappa shape index (κ3) is 6.67. The summed E-state index contributed by atoms with van der Waals surface area (Å²) in [6, 6.07) is 5.84. The van der Waals surface area contributed by atoms with E-state index in [0.29, 0.717) is 50.5 Å². The molecule has 188 valence electrons. The summed E-state index contributed by atoms with van der Waals surface area (Å²) in [4.78, 5) is 0. The van der Waals surface area contributed by atoms with E-state index >= 15 is 0 Å². The highest BCUT2D eigenvalue weighted by Gasteiger charge is 2.26. The molecule has 0 aliphatic heterocycles. The predicted molar refractivity (Wildman–Crippen MR) is 129 cm³/mol. The molecule has 35 heavy (non-hydrogen) atoms. The largest absolute Gasteiger partial charge is 0.490 e. The Bertz CT molecular complexity index is 1080. The lowest BCUT2D eigenvalue weighted by Gasteiger charge is -2.26. The molecular weight excluding hydrogens is 456 g/mol. The quantitative estimate of drug-likeness (QED) is 0.169. The normalized spacial score (nSPS) is 18.5. The lowest BCUT2D eigenvalue weighted by molar-refractivity contribution is 0.160. The zero-order chi connectivity index (χ0) is 25.4. The van der Waals surface area contributed by atoms with Crippen LogP contribution in [0.15, 0.2) is 36.9 Å². The van der Waals surface area contributed by atoms with Crippen LogP contribution in [0.5, 0.6) is 5.75 Å². The average molecular weight is 489 g/mol. The molecule has 2 aromatic carbocycles. The molecule has 2 aromatic rings. The predicted octanol–water partition coefficient (Wildman–Crippen LogP) is 7.75. The number of ether oxygens (including phenoxy) is 1. The second-order valence-electron chi connectivity index (χ2n) is 9.01. The van der Waals surface area contributed by atoms with Gasteiger partial charge in [0, 0.05) is 11.5 Å². The number of hydrogen-bond donors (Lipinski definition) is 1. The maximum absolute atomic E-state index is 14.7. The first-order valence-electron chi connectivity index (χ1n) is 12.3. The van der Waals surface area contributed by atoms with E-state index in [9.17, 15) is 22.7 Å². The highest BCUT2D eigenvalue weighted by Crippen LogP contribution is 2.38. The standard InChI is InChI=1S/C29H32F4O2/c1-3-5-6-18-35-25-17-16-22(27(31)29(25)33)20-11-8-19(9-12-20)10-13-21-14-15-23(24(34)7-4-2)28(32)26(21)30/h3,14-17,19-20,24,34H,1,4-9,11-12,18H2,2H3. The zero-order valence-electron chi connectivity index (χ0n) is 20.1. The molecule has 0 aromatic heterocycles. The number of allylic oxidation sites excluding steroid dienone is 1. The Morgan fingerprint density at radius 1 is 1.03 bits per heavy atom. The van der Waals surface area contributed by atoms with E-state index in [4.69, 9.17) is 4.74 Å². The summed E-state index contributed by atoms with van der Waals surface area (Å²) in [5.74, 6) is 1.52. The molecule has 1 unspecified atom stereocenters. The summed E-state index contributed by atoms with van der Waals surface area (Å²) < 4.78 is 63.4. The Morgan fingerprint density at radius 3 is 2.46 bits per heavy atom. The van der Waals surface area contributed by atoms with Crippen LogP contribution < -0.4 is 4.74 Å². The van der Waals surface area contributed by atoms with Crippen molar-refractivity contribution in [3.05, 3.63) is 76.9 Å². The fourth-order valence-electron chi connectivity index (χ4n) is 4.46. The van der Waals surface area contributed by atoms with Gasteiger partial charge in [0.05, 0.1) is 18.3 Å². The minimum absolute atomic E-state index is 0.0422. The fraction of sp³-hybridized carbons (Fsp3) is 0.448. The summed E-state index contributed by atoms with van der Waals surface area (Å²) in [5.41, 5.74) is 0.230. The van der Waals surface area contributed by atoms with E-state index in [2.05, 4.69) is 18.4 Å². The molecule has 1 aliphatic rings. The highest BCUT2D eigenvalue weighted by molar-refractivity contribution is 5.40. The highest BCUT2D eigenvalue weighted by atomic mass is 19.2. The van der Waals surface area contributed by atoms with Crippen molar-refractivity contribution in [3.8, 4) is 17.6 Å². The molecule has 0 amide bonds. The van der Waals surface area contributed by atoms with Crippen molar-refractivity contribution in [2.45, 2.75) is 70.3 Å². The molecule has 1 N–H and O–H groups in total. The van der Waals surface area contributed by atoms with Gasteiger partial charge < -0.3 is 9.84 Å². The van der Waals surface area contributed by atoms with Crippen molar-refractivity contribution in [2.75, 3.05) is 6.61 Å². The van der Waals surface area contributed by atoms with Gasteiger partial charge in [-0.05, 0) is 68.6 Å².